The molecule has 0 spiro atoms. The van der Waals surface area contributed by atoms with Gasteiger partial charge in [-0.2, -0.15) is 0 Å². The molecule has 0 aliphatic carbocycles. The maximum absolute atomic E-state index is 11.1. The lowest BCUT2D eigenvalue weighted by atomic mass is 9.78. The number of phenols is 1. The number of hydrogen-bond acceptors (Lipinski definition) is 6. The number of phenolic OH excluding ortho intramolecular Hbond substituents is 1. The zero-order chi connectivity index (χ0) is 24.0. The number of aromatic hydroxyl groups is 1. The van der Waals surface area contributed by atoms with Gasteiger partial charge in [0, 0.05) is 61.5 Å². The Kier molecular flexibility index (Phi) is 6.69. The van der Waals surface area contributed by atoms with Crippen LogP contribution in [-0.2, 0) is 21.1 Å². The fraction of sp³-hybridized carbons (Fsp3) is 0.667. The van der Waals surface area contributed by atoms with Crippen molar-refractivity contribution >= 4 is 11.3 Å². The molecule has 1 aromatic carbocycles. The SMILES string of the molecule is CN1CCN(C2(c3nc(-c4cc(C(C)(C)C)c(O)c(C(C)(C)C)c4)cs3)CCOCC2)CC1. The largest absolute Gasteiger partial charge is 0.507 e. The Hall–Kier alpha value is -1.47. The monoisotopic (exact) mass is 471 g/mol. The van der Waals surface area contributed by atoms with Crippen molar-refractivity contribution in [2.45, 2.75) is 70.8 Å². The van der Waals surface area contributed by atoms with Crippen LogP contribution in [0.25, 0.3) is 11.3 Å². The molecule has 2 saturated heterocycles. The number of rotatable bonds is 3. The van der Waals surface area contributed by atoms with E-state index in [4.69, 9.17) is 9.72 Å². The van der Waals surface area contributed by atoms with Crippen molar-refractivity contribution in [2.24, 2.45) is 0 Å². The summed E-state index contributed by atoms with van der Waals surface area (Å²) in [6.07, 6.45) is 2.00. The fourth-order valence-electron chi connectivity index (χ4n) is 5.15. The van der Waals surface area contributed by atoms with Crippen molar-refractivity contribution in [1.82, 2.24) is 14.8 Å². The van der Waals surface area contributed by atoms with Crippen molar-refractivity contribution in [1.29, 1.82) is 0 Å². The Balaban J connectivity index is 1.77. The van der Waals surface area contributed by atoms with Crippen LogP contribution in [0.1, 0.15) is 70.5 Å². The minimum Gasteiger partial charge on any atom is -0.507 e. The second kappa shape index (κ2) is 8.95. The minimum atomic E-state index is -0.152. The molecule has 0 atom stereocenters. The van der Waals surface area contributed by atoms with Gasteiger partial charge in [-0.25, -0.2) is 4.98 Å². The molecule has 0 saturated carbocycles. The summed E-state index contributed by atoms with van der Waals surface area (Å²) in [5.41, 5.74) is 3.76. The molecule has 0 radical (unpaired) electrons. The van der Waals surface area contributed by atoms with E-state index in [1.54, 1.807) is 11.3 Å². The van der Waals surface area contributed by atoms with E-state index in [0.717, 1.165) is 74.6 Å². The molecule has 0 bridgehead atoms. The molecule has 182 valence electrons. The van der Waals surface area contributed by atoms with E-state index in [2.05, 4.69) is 75.9 Å². The van der Waals surface area contributed by atoms with Crippen molar-refractivity contribution in [2.75, 3.05) is 46.4 Å². The lowest BCUT2D eigenvalue weighted by molar-refractivity contribution is -0.0485. The summed E-state index contributed by atoms with van der Waals surface area (Å²) in [6.45, 7) is 18.9. The predicted octanol–water partition coefficient (Wildman–Crippen LogP) is 5.36. The topological polar surface area (TPSA) is 48.8 Å². The van der Waals surface area contributed by atoms with Crippen molar-refractivity contribution in [3.05, 3.63) is 33.6 Å². The highest BCUT2D eigenvalue weighted by atomic mass is 32.1. The molecular weight excluding hydrogens is 430 g/mol. The molecule has 2 aliphatic rings. The summed E-state index contributed by atoms with van der Waals surface area (Å²) >= 11 is 1.79. The quantitative estimate of drug-likeness (QED) is 0.653. The second-order valence-corrected chi connectivity index (χ2v) is 12.8. The highest BCUT2D eigenvalue weighted by Gasteiger charge is 2.43. The Bertz CT molecular complexity index is 937. The Morgan fingerprint density at radius 3 is 2.00 bits per heavy atom. The zero-order valence-corrected chi connectivity index (χ0v) is 22.3. The number of nitrogens with zero attached hydrogens (tertiary/aromatic N) is 3. The van der Waals surface area contributed by atoms with Gasteiger partial charge in [0.25, 0.3) is 0 Å². The van der Waals surface area contributed by atoms with Crippen LogP contribution in [0.3, 0.4) is 0 Å². The van der Waals surface area contributed by atoms with E-state index in [0.29, 0.717) is 5.75 Å². The highest BCUT2D eigenvalue weighted by Crippen LogP contribution is 2.44. The van der Waals surface area contributed by atoms with E-state index in [-0.39, 0.29) is 16.4 Å². The van der Waals surface area contributed by atoms with Gasteiger partial charge < -0.3 is 14.7 Å². The van der Waals surface area contributed by atoms with Gasteiger partial charge in [0.05, 0.1) is 11.2 Å². The molecule has 1 N–H and O–H groups in total. The number of thiazole rings is 1. The molecule has 3 heterocycles. The molecule has 33 heavy (non-hydrogen) atoms. The first-order valence-corrected chi connectivity index (χ1v) is 13.2. The number of hydrogen-bond donors (Lipinski definition) is 1. The Morgan fingerprint density at radius 2 is 1.48 bits per heavy atom. The van der Waals surface area contributed by atoms with Crippen LogP contribution in [0.2, 0.25) is 0 Å². The minimum absolute atomic E-state index is 0.0287. The molecule has 6 heteroatoms. The summed E-state index contributed by atoms with van der Waals surface area (Å²) in [4.78, 5) is 10.3. The third-order valence-electron chi connectivity index (χ3n) is 7.35. The van der Waals surface area contributed by atoms with Crippen LogP contribution in [0.4, 0.5) is 0 Å². The van der Waals surface area contributed by atoms with E-state index in [1.165, 1.54) is 5.01 Å². The normalized spacial score (nSPS) is 20.8. The fourth-order valence-corrected chi connectivity index (χ4v) is 6.27. The first-order chi connectivity index (χ1) is 15.4. The Morgan fingerprint density at radius 1 is 0.939 bits per heavy atom. The van der Waals surface area contributed by atoms with Crippen LogP contribution in [0, 0.1) is 0 Å². The van der Waals surface area contributed by atoms with Crippen LogP contribution < -0.4 is 0 Å². The smallest absolute Gasteiger partial charge is 0.123 e. The molecule has 1 aromatic heterocycles. The number of likely N-dealkylation sites (N-methyl/N-ethyl adjacent to an activating group) is 1. The molecule has 2 aliphatic heterocycles. The van der Waals surface area contributed by atoms with Crippen molar-refractivity contribution in [3.63, 3.8) is 0 Å². The van der Waals surface area contributed by atoms with Crippen molar-refractivity contribution in [3.8, 4) is 17.0 Å². The lowest BCUT2D eigenvalue weighted by Crippen LogP contribution is -2.56. The van der Waals surface area contributed by atoms with Crippen LogP contribution in [0.15, 0.2) is 17.5 Å². The van der Waals surface area contributed by atoms with E-state index in [1.807, 2.05) is 0 Å². The number of ether oxygens (including phenoxy) is 1. The third kappa shape index (κ3) is 4.86. The standard InChI is InChI=1S/C27H41N3O2S/c1-25(2,3)20-16-19(17-21(23(20)31)26(4,5)6)22-18-33-24(28-22)27(8-14-32-15-9-27)30-12-10-29(7)11-13-30/h16-18,31H,8-15H2,1-7H3. The summed E-state index contributed by atoms with van der Waals surface area (Å²) in [5.74, 6) is 0.424. The number of benzene rings is 1. The van der Waals surface area contributed by atoms with Gasteiger partial charge in [0.1, 0.15) is 10.8 Å². The van der Waals surface area contributed by atoms with Gasteiger partial charge in [0.15, 0.2) is 0 Å². The van der Waals surface area contributed by atoms with E-state index >= 15 is 0 Å². The average Bonchev–Trinajstić information content (AvgIpc) is 3.24. The first kappa shape index (κ1) is 24.6. The van der Waals surface area contributed by atoms with E-state index in [9.17, 15) is 5.11 Å². The Labute approximate surface area is 203 Å². The number of piperazine rings is 1. The first-order valence-electron chi connectivity index (χ1n) is 12.3. The summed E-state index contributed by atoms with van der Waals surface area (Å²) in [7, 11) is 2.21. The summed E-state index contributed by atoms with van der Waals surface area (Å²) in [6, 6.07) is 4.30. The second-order valence-electron chi connectivity index (χ2n) is 11.9. The van der Waals surface area contributed by atoms with E-state index < -0.39 is 0 Å². The molecule has 5 nitrogen and oxygen atoms in total. The average molecular weight is 472 g/mol. The van der Waals surface area contributed by atoms with Crippen LogP contribution in [-0.4, -0.2) is 66.3 Å². The van der Waals surface area contributed by atoms with Crippen LogP contribution in [0.5, 0.6) is 5.75 Å². The maximum atomic E-state index is 11.1. The van der Waals surface area contributed by atoms with Crippen molar-refractivity contribution < 1.29 is 9.84 Å². The summed E-state index contributed by atoms with van der Waals surface area (Å²) < 4.78 is 5.78. The highest BCUT2D eigenvalue weighted by molar-refractivity contribution is 7.10. The molecular formula is C27H41N3O2S. The maximum Gasteiger partial charge on any atom is 0.123 e. The van der Waals surface area contributed by atoms with Gasteiger partial charge >= 0.3 is 0 Å². The van der Waals surface area contributed by atoms with Gasteiger partial charge in [-0.15, -0.1) is 11.3 Å². The molecule has 0 unspecified atom stereocenters. The molecule has 0 amide bonds. The zero-order valence-electron chi connectivity index (χ0n) is 21.5. The number of aromatic nitrogens is 1. The van der Waals surface area contributed by atoms with Gasteiger partial charge in [-0.3, -0.25) is 4.90 Å². The molecule has 2 aromatic rings. The third-order valence-corrected chi connectivity index (χ3v) is 8.39. The molecule has 4 rings (SSSR count). The van der Waals surface area contributed by atoms with Crippen LogP contribution >= 0.6 is 11.3 Å². The van der Waals surface area contributed by atoms with Gasteiger partial charge in [-0.05, 0) is 42.9 Å². The lowest BCUT2D eigenvalue weighted by Gasteiger charge is -2.48. The predicted molar refractivity (Wildman–Crippen MR) is 137 cm³/mol. The van der Waals surface area contributed by atoms with Gasteiger partial charge in [0.2, 0.25) is 0 Å². The molecule has 2 fully saturated rings. The van der Waals surface area contributed by atoms with Gasteiger partial charge in [-0.1, -0.05) is 41.5 Å². The summed E-state index contributed by atoms with van der Waals surface area (Å²) in [5, 5.41) is 14.6.